The molecule has 5 nitrogen and oxygen atoms in total. The van der Waals surface area contributed by atoms with E-state index in [-0.39, 0.29) is 30.3 Å². The van der Waals surface area contributed by atoms with Gasteiger partial charge in [-0.25, -0.2) is 17.2 Å². The van der Waals surface area contributed by atoms with E-state index in [2.05, 4.69) is 5.32 Å². The van der Waals surface area contributed by atoms with Crippen LogP contribution in [0.4, 0.5) is 8.78 Å². The predicted molar refractivity (Wildman–Crippen MR) is 116 cm³/mol. The van der Waals surface area contributed by atoms with E-state index in [9.17, 15) is 22.0 Å². The van der Waals surface area contributed by atoms with Gasteiger partial charge in [0.15, 0.2) is 0 Å². The lowest BCUT2D eigenvalue weighted by atomic mass is 9.92. The number of halogens is 2. The minimum atomic E-state index is -3.95. The normalized spacial score (nSPS) is 16.4. The fourth-order valence-electron chi connectivity index (χ4n) is 3.97. The minimum absolute atomic E-state index is 0.0246. The van der Waals surface area contributed by atoms with Gasteiger partial charge in [-0.15, -0.1) is 0 Å². The largest absolute Gasteiger partial charge is 0.352 e. The third kappa shape index (κ3) is 4.71. The van der Waals surface area contributed by atoms with E-state index < -0.39 is 27.7 Å². The molecule has 1 unspecified atom stereocenters. The summed E-state index contributed by atoms with van der Waals surface area (Å²) in [6.07, 6.45) is 0.421. The molecule has 1 heterocycles. The molecule has 1 atom stereocenters. The molecular formula is C24H22F2N2O3S. The fraction of sp³-hybridized carbons (Fsp3) is 0.208. The van der Waals surface area contributed by atoms with Crippen LogP contribution in [0.3, 0.4) is 0 Å². The maximum atomic E-state index is 13.4. The zero-order valence-electron chi connectivity index (χ0n) is 17.2. The number of hydrogen-bond acceptors (Lipinski definition) is 3. The number of nitrogens with one attached hydrogen (secondary N) is 1. The molecule has 1 N–H and O–H groups in total. The van der Waals surface area contributed by atoms with Gasteiger partial charge >= 0.3 is 0 Å². The summed E-state index contributed by atoms with van der Waals surface area (Å²) in [4.78, 5) is 12.7. The first-order valence-electron chi connectivity index (χ1n) is 10.2. The zero-order valence-corrected chi connectivity index (χ0v) is 18.0. The number of hydrogen-bond donors (Lipinski definition) is 1. The van der Waals surface area contributed by atoms with Gasteiger partial charge in [0.25, 0.3) is 0 Å². The second-order valence-electron chi connectivity index (χ2n) is 7.65. The van der Waals surface area contributed by atoms with Crippen molar-refractivity contribution in [1.82, 2.24) is 9.62 Å². The van der Waals surface area contributed by atoms with Crippen molar-refractivity contribution in [1.29, 1.82) is 0 Å². The van der Waals surface area contributed by atoms with Gasteiger partial charge in [0, 0.05) is 19.5 Å². The number of carbonyl (C=O) groups excluding carboxylic acids is 1. The SMILES string of the molecule is O=C(CC1c2ccccc2CCN1S(=O)(=O)c1ccc(F)cc1)NCc1cccc(F)c1. The van der Waals surface area contributed by atoms with Crippen LogP contribution in [0.1, 0.15) is 29.2 Å². The highest BCUT2D eigenvalue weighted by Crippen LogP contribution is 2.36. The van der Waals surface area contributed by atoms with E-state index in [1.807, 2.05) is 24.3 Å². The third-order valence-electron chi connectivity index (χ3n) is 5.54. The van der Waals surface area contributed by atoms with Crippen molar-refractivity contribution in [2.45, 2.75) is 30.3 Å². The Hall–Kier alpha value is -3.10. The standard InChI is InChI=1S/C24H22F2N2O3S/c25-19-8-10-21(11-9-19)32(30,31)28-13-12-18-5-1-2-7-22(18)23(28)15-24(29)27-16-17-4-3-6-20(26)14-17/h1-11,14,23H,12-13,15-16H2,(H,27,29). The Labute approximate surface area is 185 Å². The molecule has 0 fully saturated rings. The fourth-order valence-corrected chi connectivity index (χ4v) is 5.57. The smallest absolute Gasteiger partial charge is 0.243 e. The molecule has 0 bridgehead atoms. The topological polar surface area (TPSA) is 66.5 Å². The van der Waals surface area contributed by atoms with Crippen LogP contribution >= 0.6 is 0 Å². The maximum absolute atomic E-state index is 13.4. The molecule has 166 valence electrons. The maximum Gasteiger partial charge on any atom is 0.243 e. The Morgan fingerprint density at radius 3 is 2.47 bits per heavy atom. The molecule has 0 aliphatic carbocycles. The van der Waals surface area contributed by atoms with Crippen LogP contribution in [0, 0.1) is 11.6 Å². The number of fused-ring (bicyclic) bond motifs is 1. The molecule has 0 saturated carbocycles. The number of sulfonamides is 1. The second-order valence-corrected chi connectivity index (χ2v) is 9.54. The number of rotatable bonds is 6. The molecule has 32 heavy (non-hydrogen) atoms. The number of carbonyl (C=O) groups is 1. The molecule has 8 heteroatoms. The lowest BCUT2D eigenvalue weighted by Crippen LogP contribution is -2.42. The summed E-state index contributed by atoms with van der Waals surface area (Å²) in [5.41, 5.74) is 2.37. The molecule has 3 aromatic carbocycles. The number of amides is 1. The average molecular weight is 457 g/mol. The van der Waals surface area contributed by atoms with Crippen LogP contribution in [0.2, 0.25) is 0 Å². The van der Waals surface area contributed by atoms with Gasteiger partial charge < -0.3 is 5.32 Å². The van der Waals surface area contributed by atoms with E-state index in [1.165, 1.54) is 28.6 Å². The first-order valence-corrected chi connectivity index (χ1v) is 11.6. The summed E-state index contributed by atoms with van der Waals surface area (Å²) in [5, 5.41) is 2.75. The van der Waals surface area contributed by atoms with Crippen molar-refractivity contribution in [3.63, 3.8) is 0 Å². The van der Waals surface area contributed by atoms with Gasteiger partial charge in [0.1, 0.15) is 11.6 Å². The van der Waals surface area contributed by atoms with Gasteiger partial charge in [-0.1, -0.05) is 36.4 Å². The summed E-state index contributed by atoms with van der Waals surface area (Å²) in [7, 11) is -3.95. The Bertz CT molecular complexity index is 1230. The van der Waals surface area contributed by atoms with Gasteiger partial charge in [-0.2, -0.15) is 4.31 Å². The molecule has 0 saturated heterocycles. The summed E-state index contributed by atoms with van der Waals surface area (Å²) in [6.45, 7) is 0.342. The first-order chi connectivity index (χ1) is 15.3. The van der Waals surface area contributed by atoms with Crippen LogP contribution in [-0.4, -0.2) is 25.2 Å². The van der Waals surface area contributed by atoms with Crippen LogP contribution in [0.25, 0.3) is 0 Å². The number of nitrogens with zero attached hydrogens (tertiary/aromatic N) is 1. The van der Waals surface area contributed by atoms with E-state index in [4.69, 9.17) is 0 Å². The van der Waals surface area contributed by atoms with Crippen LogP contribution in [-0.2, 0) is 27.8 Å². The van der Waals surface area contributed by atoms with Crippen LogP contribution < -0.4 is 5.32 Å². The summed E-state index contributed by atoms with van der Waals surface area (Å²) >= 11 is 0. The van der Waals surface area contributed by atoms with Crippen LogP contribution in [0.5, 0.6) is 0 Å². The van der Waals surface area contributed by atoms with Gasteiger partial charge in [0.2, 0.25) is 15.9 Å². The molecule has 1 aliphatic heterocycles. The lowest BCUT2D eigenvalue weighted by molar-refractivity contribution is -0.122. The molecule has 1 amide bonds. The quantitative estimate of drug-likeness (QED) is 0.611. The van der Waals surface area contributed by atoms with Crippen molar-refractivity contribution in [3.8, 4) is 0 Å². The number of benzene rings is 3. The van der Waals surface area contributed by atoms with Gasteiger partial charge in [0.05, 0.1) is 10.9 Å². The minimum Gasteiger partial charge on any atom is -0.352 e. The molecule has 1 aliphatic rings. The molecule has 0 spiro atoms. The van der Waals surface area contributed by atoms with Gasteiger partial charge in [-0.3, -0.25) is 4.79 Å². The lowest BCUT2D eigenvalue weighted by Gasteiger charge is -2.36. The Balaban J connectivity index is 1.59. The van der Waals surface area contributed by atoms with Crippen molar-refractivity contribution in [2.24, 2.45) is 0 Å². The molecule has 0 aromatic heterocycles. The van der Waals surface area contributed by atoms with Crippen molar-refractivity contribution >= 4 is 15.9 Å². The van der Waals surface area contributed by atoms with E-state index in [1.54, 1.807) is 12.1 Å². The van der Waals surface area contributed by atoms with Gasteiger partial charge in [-0.05, 0) is 59.5 Å². The zero-order chi connectivity index (χ0) is 22.7. The van der Waals surface area contributed by atoms with E-state index >= 15 is 0 Å². The highest BCUT2D eigenvalue weighted by molar-refractivity contribution is 7.89. The Morgan fingerprint density at radius 2 is 1.72 bits per heavy atom. The monoisotopic (exact) mass is 456 g/mol. The van der Waals surface area contributed by atoms with Crippen molar-refractivity contribution < 1.29 is 22.0 Å². The molecule has 4 rings (SSSR count). The molecule has 3 aromatic rings. The van der Waals surface area contributed by atoms with Crippen molar-refractivity contribution in [2.75, 3.05) is 6.54 Å². The predicted octanol–water partition coefficient (Wildman–Crippen LogP) is 3.96. The Kier molecular flexibility index (Phi) is 6.34. The first kappa shape index (κ1) is 22.1. The third-order valence-corrected chi connectivity index (χ3v) is 7.46. The molecule has 0 radical (unpaired) electrons. The highest BCUT2D eigenvalue weighted by Gasteiger charge is 2.37. The van der Waals surface area contributed by atoms with Crippen LogP contribution in [0.15, 0.2) is 77.7 Å². The van der Waals surface area contributed by atoms with E-state index in [0.29, 0.717) is 12.0 Å². The average Bonchev–Trinajstić information content (AvgIpc) is 2.78. The summed E-state index contributed by atoms with van der Waals surface area (Å²) in [5.74, 6) is -1.27. The Morgan fingerprint density at radius 1 is 0.969 bits per heavy atom. The molecular weight excluding hydrogens is 434 g/mol. The highest BCUT2D eigenvalue weighted by atomic mass is 32.2. The summed E-state index contributed by atoms with van der Waals surface area (Å²) < 4.78 is 54.7. The second kappa shape index (κ2) is 9.18. The van der Waals surface area contributed by atoms with Crippen molar-refractivity contribution in [3.05, 3.63) is 101 Å². The van der Waals surface area contributed by atoms with E-state index in [0.717, 1.165) is 23.3 Å². The summed E-state index contributed by atoms with van der Waals surface area (Å²) in [6, 6.07) is 17.3.